The third kappa shape index (κ3) is 5.94. The van der Waals surface area contributed by atoms with E-state index in [0.29, 0.717) is 29.7 Å². The van der Waals surface area contributed by atoms with E-state index in [-0.39, 0.29) is 17.5 Å². The third-order valence-electron chi connectivity index (χ3n) is 7.11. The molecular weight excluding hydrogens is 470 g/mol. The smallest absolute Gasteiger partial charge is 0.266 e. The Labute approximate surface area is 225 Å². The number of amides is 1. The molecule has 1 aromatic heterocycles. The summed E-state index contributed by atoms with van der Waals surface area (Å²) in [7, 11) is 0. The van der Waals surface area contributed by atoms with Crippen LogP contribution in [-0.4, -0.2) is 26.9 Å². The topological polar surface area (TPSA) is 55.2 Å². The number of para-hydroxylation sites is 1. The Morgan fingerprint density at radius 1 is 0.947 bits per heavy atom. The highest BCUT2D eigenvalue weighted by Gasteiger charge is 2.28. The normalized spacial score (nSPS) is 12.2. The van der Waals surface area contributed by atoms with Gasteiger partial charge in [0.05, 0.1) is 22.6 Å². The highest BCUT2D eigenvalue weighted by Crippen LogP contribution is 2.27. The summed E-state index contributed by atoms with van der Waals surface area (Å²) in [6.07, 6.45) is 7.10. The van der Waals surface area contributed by atoms with E-state index in [4.69, 9.17) is 4.98 Å². The molecule has 0 bridgehead atoms. The summed E-state index contributed by atoms with van der Waals surface area (Å²) in [6.45, 7) is 8.91. The highest BCUT2D eigenvalue weighted by molar-refractivity contribution is 5.92. The van der Waals surface area contributed by atoms with Crippen LogP contribution in [0.15, 0.2) is 83.7 Å². The molecule has 4 aromatic rings. The molecular formula is C33H37N3O2. The molecule has 0 spiro atoms. The lowest BCUT2D eigenvalue weighted by Crippen LogP contribution is -2.38. The van der Waals surface area contributed by atoms with Gasteiger partial charge in [0, 0.05) is 12.6 Å². The minimum Gasteiger partial charge on any atom is -0.329 e. The first-order valence-electron chi connectivity index (χ1n) is 13.6. The van der Waals surface area contributed by atoms with E-state index >= 15 is 0 Å². The van der Waals surface area contributed by atoms with Crippen LogP contribution >= 0.6 is 0 Å². The zero-order valence-electron chi connectivity index (χ0n) is 22.9. The van der Waals surface area contributed by atoms with Crippen LogP contribution in [0.25, 0.3) is 22.7 Å². The van der Waals surface area contributed by atoms with Gasteiger partial charge in [0.2, 0.25) is 5.91 Å². The van der Waals surface area contributed by atoms with Gasteiger partial charge in [-0.2, -0.15) is 0 Å². The number of fused-ring (bicyclic) bond motifs is 1. The van der Waals surface area contributed by atoms with Crippen LogP contribution in [0.3, 0.4) is 0 Å². The number of carbonyl (C=O) groups is 1. The van der Waals surface area contributed by atoms with Crippen molar-refractivity contribution in [3.05, 3.63) is 112 Å². The number of unbranched alkanes of at least 4 members (excludes halogenated alkanes) is 2. The Balaban J connectivity index is 1.87. The van der Waals surface area contributed by atoms with Gasteiger partial charge in [0.15, 0.2) is 0 Å². The molecule has 0 N–H and O–H groups in total. The fourth-order valence-electron chi connectivity index (χ4n) is 4.81. The average Bonchev–Trinajstić information content (AvgIpc) is 2.94. The first-order valence-corrected chi connectivity index (χ1v) is 13.6. The molecule has 0 fully saturated rings. The molecule has 0 aliphatic carbocycles. The van der Waals surface area contributed by atoms with Crippen molar-refractivity contribution in [3.63, 3.8) is 0 Å². The molecule has 1 amide bonds. The lowest BCUT2D eigenvalue weighted by atomic mass is 10.1. The molecule has 0 saturated carbocycles. The quantitative estimate of drug-likeness (QED) is 0.169. The second kappa shape index (κ2) is 12.5. The summed E-state index contributed by atoms with van der Waals surface area (Å²) in [5.41, 5.74) is 4.53. The van der Waals surface area contributed by atoms with Crippen LogP contribution in [0, 0.1) is 13.8 Å². The predicted octanol–water partition coefficient (Wildman–Crippen LogP) is 7.19. The van der Waals surface area contributed by atoms with Gasteiger partial charge in [-0.25, -0.2) is 4.98 Å². The Morgan fingerprint density at radius 3 is 2.39 bits per heavy atom. The number of benzene rings is 3. The van der Waals surface area contributed by atoms with Gasteiger partial charge in [-0.15, -0.1) is 0 Å². The van der Waals surface area contributed by atoms with Gasteiger partial charge in [-0.05, 0) is 73.7 Å². The monoisotopic (exact) mass is 507 g/mol. The van der Waals surface area contributed by atoms with E-state index in [1.54, 1.807) is 10.6 Å². The van der Waals surface area contributed by atoms with Crippen LogP contribution in [-0.2, 0) is 4.79 Å². The van der Waals surface area contributed by atoms with Crippen molar-refractivity contribution < 1.29 is 4.79 Å². The van der Waals surface area contributed by atoms with Crippen LogP contribution in [0.1, 0.15) is 68.1 Å². The Kier molecular flexibility index (Phi) is 8.90. The molecule has 0 aliphatic heterocycles. The van der Waals surface area contributed by atoms with E-state index < -0.39 is 0 Å². The van der Waals surface area contributed by atoms with Crippen molar-refractivity contribution in [2.75, 3.05) is 6.54 Å². The number of hydrogen-bond donors (Lipinski definition) is 0. The van der Waals surface area contributed by atoms with E-state index in [0.717, 1.165) is 41.6 Å². The maximum atomic E-state index is 13.9. The van der Waals surface area contributed by atoms with Gasteiger partial charge >= 0.3 is 0 Å². The molecule has 5 nitrogen and oxygen atoms in total. The summed E-state index contributed by atoms with van der Waals surface area (Å²) in [5.74, 6) is 0.517. The summed E-state index contributed by atoms with van der Waals surface area (Å²) in [4.78, 5) is 34.6. The van der Waals surface area contributed by atoms with Gasteiger partial charge in [0.1, 0.15) is 5.82 Å². The molecule has 1 unspecified atom stereocenters. The Morgan fingerprint density at radius 2 is 1.68 bits per heavy atom. The molecule has 0 aliphatic rings. The highest BCUT2D eigenvalue weighted by atomic mass is 16.2. The third-order valence-corrected chi connectivity index (χ3v) is 7.11. The lowest BCUT2D eigenvalue weighted by Gasteiger charge is -2.32. The maximum absolute atomic E-state index is 13.9. The molecule has 4 rings (SSSR count). The average molecular weight is 508 g/mol. The minimum absolute atomic E-state index is 0.0779. The summed E-state index contributed by atoms with van der Waals surface area (Å²) in [6, 6.07) is 22.9. The molecule has 3 aromatic carbocycles. The zero-order chi connectivity index (χ0) is 27.1. The number of rotatable bonds is 10. The first-order chi connectivity index (χ1) is 18.4. The van der Waals surface area contributed by atoms with Gasteiger partial charge < -0.3 is 4.90 Å². The lowest BCUT2D eigenvalue weighted by molar-refractivity contribution is -0.128. The molecule has 0 radical (unpaired) electrons. The van der Waals surface area contributed by atoms with Gasteiger partial charge in [-0.1, -0.05) is 75.2 Å². The SMILES string of the molecule is CCCCCN(C(=O)/C=C/c1ccccc1)C(CC)c1nc2ccccc2c(=O)n1-c1ccc(C)c(C)c1. The molecule has 196 valence electrons. The Bertz CT molecular complexity index is 1490. The number of nitrogens with zero attached hydrogens (tertiary/aromatic N) is 3. The van der Waals surface area contributed by atoms with Crippen LogP contribution in [0.2, 0.25) is 0 Å². The predicted molar refractivity (Wildman–Crippen MR) is 157 cm³/mol. The van der Waals surface area contributed by atoms with Crippen LogP contribution < -0.4 is 5.56 Å². The van der Waals surface area contributed by atoms with E-state index in [1.165, 1.54) is 0 Å². The number of carbonyl (C=O) groups excluding carboxylic acids is 1. The molecule has 1 atom stereocenters. The van der Waals surface area contributed by atoms with Crippen molar-refractivity contribution in [2.24, 2.45) is 0 Å². The van der Waals surface area contributed by atoms with Crippen molar-refractivity contribution in [2.45, 2.75) is 59.4 Å². The van der Waals surface area contributed by atoms with E-state index in [2.05, 4.69) is 20.8 Å². The van der Waals surface area contributed by atoms with Crippen molar-refractivity contribution in [1.82, 2.24) is 14.5 Å². The van der Waals surface area contributed by atoms with Crippen molar-refractivity contribution >= 4 is 22.9 Å². The molecule has 5 heteroatoms. The second-order valence-corrected chi connectivity index (χ2v) is 9.80. The fourth-order valence-corrected chi connectivity index (χ4v) is 4.81. The van der Waals surface area contributed by atoms with Crippen molar-refractivity contribution in [3.8, 4) is 5.69 Å². The van der Waals surface area contributed by atoms with E-state index in [1.807, 2.05) is 90.7 Å². The standard InChI is InChI=1S/C33H37N3O2/c1-5-7-13-22-35(31(37)21-19-26-14-9-8-10-15-26)30(6-2)32-34-29-17-12-11-16-28(29)33(38)36(32)27-20-18-24(3)25(4)23-27/h8-12,14-21,23,30H,5-7,13,22H2,1-4H3/b21-19+. The van der Waals surface area contributed by atoms with Gasteiger partial charge in [-0.3, -0.25) is 14.2 Å². The van der Waals surface area contributed by atoms with Crippen LogP contribution in [0.5, 0.6) is 0 Å². The summed E-state index contributed by atoms with van der Waals surface area (Å²) < 4.78 is 1.71. The summed E-state index contributed by atoms with van der Waals surface area (Å²) in [5, 5.41) is 0.567. The first kappa shape index (κ1) is 27.1. The van der Waals surface area contributed by atoms with Crippen LogP contribution in [0.4, 0.5) is 0 Å². The zero-order valence-corrected chi connectivity index (χ0v) is 22.9. The molecule has 38 heavy (non-hydrogen) atoms. The molecule has 0 saturated heterocycles. The second-order valence-electron chi connectivity index (χ2n) is 9.80. The number of hydrogen-bond acceptors (Lipinski definition) is 3. The molecule has 1 heterocycles. The minimum atomic E-state index is -0.362. The summed E-state index contributed by atoms with van der Waals surface area (Å²) >= 11 is 0. The van der Waals surface area contributed by atoms with Crippen molar-refractivity contribution in [1.29, 1.82) is 0 Å². The number of aryl methyl sites for hydroxylation is 2. The number of aromatic nitrogens is 2. The van der Waals surface area contributed by atoms with Gasteiger partial charge in [0.25, 0.3) is 5.56 Å². The maximum Gasteiger partial charge on any atom is 0.266 e. The fraction of sp³-hybridized carbons (Fsp3) is 0.303. The van der Waals surface area contributed by atoms with E-state index in [9.17, 15) is 9.59 Å². The largest absolute Gasteiger partial charge is 0.329 e. The Hall–Kier alpha value is -3.99.